The van der Waals surface area contributed by atoms with E-state index in [1.807, 2.05) is 12.2 Å². The Kier molecular flexibility index (Phi) is 3.49. The second-order valence-electron chi connectivity index (χ2n) is 6.28. The summed E-state index contributed by atoms with van der Waals surface area (Å²) in [6.45, 7) is 0. The van der Waals surface area contributed by atoms with Gasteiger partial charge in [0.2, 0.25) is 0 Å². The first-order valence-corrected chi connectivity index (χ1v) is 8.47. The summed E-state index contributed by atoms with van der Waals surface area (Å²) >= 11 is 3.32. The first-order chi connectivity index (χ1) is 11.5. The highest BCUT2D eigenvalue weighted by Crippen LogP contribution is 2.52. The normalized spacial score (nSPS) is 30.7. The number of hydrogen-bond acceptors (Lipinski definition) is 5. The summed E-state index contributed by atoms with van der Waals surface area (Å²) in [6.07, 6.45) is 6.42. The number of hydrogen-bond donors (Lipinski definition) is 1. The highest BCUT2D eigenvalue weighted by Gasteiger charge is 2.59. The number of phenolic OH excluding ortho intramolecular Hbond substituents is 1. The van der Waals surface area contributed by atoms with Crippen LogP contribution in [0, 0.1) is 23.7 Å². The van der Waals surface area contributed by atoms with Crippen LogP contribution in [0.25, 0.3) is 0 Å². The summed E-state index contributed by atoms with van der Waals surface area (Å²) in [7, 11) is 1.45. The van der Waals surface area contributed by atoms with E-state index in [4.69, 9.17) is 4.74 Å². The Morgan fingerprint density at radius 2 is 1.88 bits per heavy atom. The number of nitrogens with zero attached hydrogens (tertiary/aromatic N) is 2. The molecule has 124 valence electrons. The minimum Gasteiger partial charge on any atom is -0.504 e. The summed E-state index contributed by atoms with van der Waals surface area (Å²) in [6, 6.07) is 3.06. The summed E-state index contributed by atoms with van der Waals surface area (Å²) in [5.74, 6) is -0.357. The molecule has 3 aliphatic rings. The van der Waals surface area contributed by atoms with Crippen LogP contribution in [0.3, 0.4) is 0 Å². The van der Waals surface area contributed by atoms with Crippen LogP contribution in [-0.4, -0.2) is 35.3 Å². The minimum atomic E-state index is -0.262. The van der Waals surface area contributed by atoms with Crippen molar-refractivity contribution < 1.29 is 19.4 Å². The molecule has 4 unspecified atom stereocenters. The van der Waals surface area contributed by atoms with E-state index < -0.39 is 0 Å². The Morgan fingerprint density at radius 1 is 1.25 bits per heavy atom. The first kappa shape index (κ1) is 15.4. The van der Waals surface area contributed by atoms with Crippen LogP contribution in [0.1, 0.15) is 12.0 Å². The molecule has 1 saturated heterocycles. The third kappa shape index (κ3) is 2.11. The van der Waals surface area contributed by atoms with Crippen molar-refractivity contribution >= 4 is 34.0 Å². The fourth-order valence-corrected chi connectivity index (χ4v) is 4.38. The third-order valence-electron chi connectivity index (χ3n) is 5.06. The van der Waals surface area contributed by atoms with E-state index in [1.54, 1.807) is 6.07 Å². The van der Waals surface area contributed by atoms with Crippen LogP contribution < -0.4 is 4.74 Å². The van der Waals surface area contributed by atoms with Gasteiger partial charge >= 0.3 is 0 Å². The standard InChI is InChI=1S/C17H15BrN2O4/c1-24-13-5-10(11(18)6-12(13)21)7-19-20-16(22)14-8-2-3-9(4-8)15(14)17(20)23/h2-3,5-9,14-15,21H,4H2,1H3/b19-7+. The van der Waals surface area contributed by atoms with Gasteiger partial charge in [0.15, 0.2) is 11.5 Å². The number of phenols is 1. The smallest absolute Gasteiger partial charge is 0.254 e. The third-order valence-corrected chi connectivity index (χ3v) is 5.74. The lowest BCUT2D eigenvalue weighted by molar-refractivity contribution is -0.140. The molecule has 0 radical (unpaired) electrons. The van der Waals surface area contributed by atoms with Crippen LogP contribution in [0.4, 0.5) is 0 Å². The SMILES string of the molecule is COc1cc(/C=N/N2C(=O)C3C4C=CC(C4)C3C2=O)c(Br)cc1O. The van der Waals surface area contributed by atoms with Crippen LogP contribution in [0.15, 0.2) is 33.9 Å². The Balaban J connectivity index is 1.61. The highest BCUT2D eigenvalue weighted by molar-refractivity contribution is 9.10. The van der Waals surface area contributed by atoms with E-state index in [-0.39, 0.29) is 47.0 Å². The molecule has 1 saturated carbocycles. The average molecular weight is 391 g/mol. The minimum absolute atomic E-state index is 0.00738. The molecule has 6 nitrogen and oxygen atoms in total. The van der Waals surface area contributed by atoms with Crippen molar-refractivity contribution in [2.24, 2.45) is 28.8 Å². The number of ether oxygens (including phenoxy) is 1. The van der Waals surface area contributed by atoms with Gasteiger partial charge < -0.3 is 9.84 Å². The van der Waals surface area contributed by atoms with E-state index in [0.29, 0.717) is 10.0 Å². The summed E-state index contributed by atoms with van der Waals surface area (Å²) in [5.41, 5.74) is 0.600. The maximum atomic E-state index is 12.6. The van der Waals surface area contributed by atoms with Crippen molar-refractivity contribution in [1.82, 2.24) is 5.01 Å². The fourth-order valence-electron chi connectivity index (χ4n) is 3.94. The molecule has 2 amide bonds. The second kappa shape index (κ2) is 5.44. The van der Waals surface area contributed by atoms with Crippen molar-refractivity contribution in [3.63, 3.8) is 0 Å². The average Bonchev–Trinajstić information content (AvgIpc) is 3.22. The zero-order chi connectivity index (χ0) is 17.0. The zero-order valence-corrected chi connectivity index (χ0v) is 14.4. The van der Waals surface area contributed by atoms with Gasteiger partial charge in [-0.25, -0.2) is 0 Å². The molecule has 1 aliphatic heterocycles. The largest absolute Gasteiger partial charge is 0.504 e. The number of benzene rings is 1. The molecule has 4 atom stereocenters. The molecule has 2 fully saturated rings. The molecule has 1 aromatic carbocycles. The summed E-state index contributed by atoms with van der Waals surface area (Å²) < 4.78 is 5.65. The molecule has 4 rings (SSSR count). The lowest BCUT2D eigenvalue weighted by Gasteiger charge is -2.13. The highest BCUT2D eigenvalue weighted by atomic mass is 79.9. The van der Waals surface area contributed by atoms with Gasteiger partial charge in [0, 0.05) is 10.0 Å². The molecule has 0 spiro atoms. The second-order valence-corrected chi connectivity index (χ2v) is 7.13. The van der Waals surface area contributed by atoms with Crippen molar-refractivity contribution in [3.8, 4) is 11.5 Å². The lowest BCUT2D eigenvalue weighted by Crippen LogP contribution is -2.28. The topological polar surface area (TPSA) is 79.2 Å². The number of amides is 2. The van der Waals surface area contributed by atoms with E-state index >= 15 is 0 Å². The number of fused-ring (bicyclic) bond motifs is 5. The van der Waals surface area contributed by atoms with Crippen molar-refractivity contribution in [1.29, 1.82) is 0 Å². The molecule has 1 heterocycles. The van der Waals surface area contributed by atoms with Gasteiger partial charge in [0.05, 0.1) is 25.2 Å². The molecule has 1 aromatic rings. The number of hydrazone groups is 1. The number of imide groups is 1. The number of allylic oxidation sites excluding steroid dienone is 2. The van der Waals surface area contributed by atoms with Crippen LogP contribution in [-0.2, 0) is 9.59 Å². The Morgan fingerprint density at radius 3 is 2.46 bits per heavy atom. The van der Waals surface area contributed by atoms with Gasteiger partial charge in [0.25, 0.3) is 11.8 Å². The molecular formula is C17H15BrN2O4. The van der Waals surface area contributed by atoms with E-state index in [1.165, 1.54) is 19.4 Å². The molecule has 2 aliphatic carbocycles. The summed E-state index contributed by atoms with van der Waals surface area (Å²) in [4.78, 5) is 25.1. The first-order valence-electron chi connectivity index (χ1n) is 7.68. The molecule has 0 aromatic heterocycles. The number of halogens is 1. The van der Waals surface area contributed by atoms with Crippen LogP contribution >= 0.6 is 15.9 Å². The fraction of sp³-hybridized carbons (Fsp3) is 0.353. The number of carbonyl (C=O) groups is 2. The number of aromatic hydroxyl groups is 1. The van der Waals surface area contributed by atoms with Crippen molar-refractivity contribution in [3.05, 3.63) is 34.3 Å². The molecule has 1 N–H and O–H groups in total. The maximum Gasteiger partial charge on any atom is 0.254 e. The number of methoxy groups -OCH3 is 1. The number of carbonyl (C=O) groups excluding carboxylic acids is 2. The monoisotopic (exact) mass is 390 g/mol. The van der Waals surface area contributed by atoms with E-state index in [9.17, 15) is 14.7 Å². The Labute approximate surface area is 146 Å². The molecule has 7 heteroatoms. The Bertz CT molecular complexity index is 774. The van der Waals surface area contributed by atoms with Crippen LogP contribution in [0.2, 0.25) is 0 Å². The molecule has 24 heavy (non-hydrogen) atoms. The van der Waals surface area contributed by atoms with Crippen LogP contribution in [0.5, 0.6) is 11.5 Å². The predicted molar refractivity (Wildman–Crippen MR) is 89.5 cm³/mol. The van der Waals surface area contributed by atoms with Gasteiger partial charge in [0.1, 0.15) is 0 Å². The van der Waals surface area contributed by atoms with Gasteiger partial charge in [-0.1, -0.05) is 12.2 Å². The molecular weight excluding hydrogens is 376 g/mol. The van der Waals surface area contributed by atoms with Gasteiger partial charge in [-0.05, 0) is 46.3 Å². The molecule has 2 bridgehead atoms. The van der Waals surface area contributed by atoms with Gasteiger partial charge in [-0.15, -0.1) is 0 Å². The quantitative estimate of drug-likeness (QED) is 0.487. The van der Waals surface area contributed by atoms with Crippen molar-refractivity contribution in [2.75, 3.05) is 7.11 Å². The number of rotatable bonds is 3. The predicted octanol–water partition coefficient (Wildman–Crippen LogP) is 2.30. The van der Waals surface area contributed by atoms with E-state index in [0.717, 1.165) is 11.4 Å². The Hall–Kier alpha value is -2.15. The summed E-state index contributed by atoms with van der Waals surface area (Å²) in [5, 5.41) is 14.8. The zero-order valence-electron chi connectivity index (χ0n) is 12.8. The lowest BCUT2D eigenvalue weighted by atomic mass is 9.85. The van der Waals surface area contributed by atoms with E-state index in [2.05, 4.69) is 21.0 Å². The van der Waals surface area contributed by atoms with Gasteiger partial charge in [-0.2, -0.15) is 10.1 Å². The maximum absolute atomic E-state index is 12.6. The van der Waals surface area contributed by atoms with Crippen molar-refractivity contribution in [2.45, 2.75) is 6.42 Å². The van der Waals surface area contributed by atoms with Gasteiger partial charge in [-0.3, -0.25) is 9.59 Å².